The third-order valence-corrected chi connectivity index (χ3v) is 4.54. The Morgan fingerprint density at radius 1 is 0.889 bits per heavy atom. The van der Waals surface area contributed by atoms with Crippen LogP contribution in [0.1, 0.15) is 70.6 Å². The maximum absolute atomic E-state index is 12.2. The van der Waals surface area contributed by atoms with Gasteiger partial charge in [0, 0.05) is 18.0 Å². The van der Waals surface area contributed by atoms with Gasteiger partial charge >= 0.3 is 0 Å². The second-order valence-corrected chi connectivity index (χ2v) is 6.17. The largest absolute Gasteiger partial charge is 0.353 e. The Labute approximate surface area is 111 Å². The van der Waals surface area contributed by atoms with Crippen molar-refractivity contribution in [3.63, 3.8) is 0 Å². The molecule has 2 fully saturated rings. The average molecular weight is 252 g/mol. The predicted octanol–water partition coefficient (Wildman–Crippen LogP) is 2.73. The Bertz CT molecular complexity index is 259. The average Bonchev–Trinajstić information content (AvgIpc) is 2.32. The van der Waals surface area contributed by atoms with Gasteiger partial charge in [-0.2, -0.15) is 0 Å². The molecule has 0 radical (unpaired) electrons. The van der Waals surface area contributed by atoms with Gasteiger partial charge in [0.15, 0.2) is 0 Å². The van der Waals surface area contributed by atoms with Crippen LogP contribution >= 0.6 is 0 Å². The molecule has 3 N–H and O–H groups in total. The molecular formula is C15H28N2O. The van der Waals surface area contributed by atoms with E-state index in [0.29, 0.717) is 6.04 Å². The van der Waals surface area contributed by atoms with E-state index in [2.05, 4.69) is 5.32 Å². The third-order valence-electron chi connectivity index (χ3n) is 4.54. The van der Waals surface area contributed by atoms with Crippen molar-refractivity contribution in [2.24, 2.45) is 11.7 Å². The first-order chi connectivity index (χ1) is 8.75. The summed E-state index contributed by atoms with van der Waals surface area (Å²) >= 11 is 0. The van der Waals surface area contributed by atoms with Gasteiger partial charge in [0.1, 0.15) is 0 Å². The van der Waals surface area contributed by atoms with Crippen LogP contribution in [0.5, 0.6) is 0 Å². The first-order valence-electron chi connectivity index (χ1n) is 7.81. The molecule has 1 amide bonds. The second kappa shape index (κ2) is 7.13. The summed E-state index contributed by atoms with van der Waals surface area (Å²) in [7, 11) is 0. The van der Waals surface area contributed by atoms with Gasteiger partial charge in [-0.15, -0.1) is 0 Å². The van der Waals surface area contributed by atoms with Crippen LogP contribution in [0.25, 0.3) is 0 Å². The van der Waals surface area contributed by atoms with Gasteiger partial charge in [0.05, 0.1) is 0 Å². The summed E-state index contributed by atoms with van der Waals surface area (Å²) in [6.45, 7) is 0. The summed E-state index contributed by atoms with van der Waals surface area (Å²) < 4.78 is 0. The molecule has 0 heterocycles. The molecule has 0 aromatic carbocycles. The van der Waals surface area contributed by atoms with E-state index in [0.717, 1.165) is 25.7 Å². The monoisotopic (exact) mass is 252 g/mol. The van der Waals surface area contributed by atoms with Crippen molar-refractivity contribution in [1.82, 2.24) is 5.32 Å². The number of nitrogens with two attached hydrogens (primary N) is 1. The van der Waals surface area contributed by atoms with E-state index < -0.39 is 0 Å². The maximum atomic E-state index is 12.2. The molecule has 2 atom stereocenters. The molecule has 104 valence electrons. The Balaban J connectivity index is 1.77. The van der Waals surface area contributed by atoms with Crippen LogP contribution in [0.2, 0.25) is 0 Å². The quantitative estimate of drug-likeness (QED) is 0.794. The highest BCUT2D eigenvalue weighted by atomic mass is 16.1. The first-order valence-corrected chi connectivity index (χ1v) is 7.81. The minimum Gasteiger partial charge on any atom is -0.353 e. The zero-order valence-corrected chi connectivity index (χ0v) is 11.5. The molecule has 2 saturated carbocycles. The Hall–Kier alpha value is -0.570. The van der Waals surface area contributed by atoms with E-state index in [1.165, 1.54) is 44.9 Å². The summed E-state index contributed by atoms with van der Waals surface area (Å²) in [5.41, 5.74) is 5.96. The van der Waals surface area contributed by atoms with Crippen LogP contribution in [0, 0.1) is 5.92 Å². The topological polar surface area (TPSA) is 55.1 Å². The lowest BCUT2D eigenvalue weighted by Crippen LogP contribution is -2.42. The first kappa shape index (κ1) is 13.9. The SMILES string of the molecule is NC1CCCC(C(=O)NC2CCCCCCC2)C1. The van der Waals surface area contributed by atoms with Crippen molar-refractivity contribution in [2.75, 3.05) is 0 Å². The second-order valence-electron chi connectivity index (χ2n) is 6.17. The highest BCUT2D eigenvalue weighted by Crippen LogP contribution is 2.24. The maximum Gasteiger partial charge on any atom is 0.223 e. The van der Waals surface area contributed by atoms with Crippen LogP contribution < -0.4 is 11.1 Å². The Kier molecular flexibility index (Phi) is 5.48. The number of amides is 1. The van der Waals surface area contributed by atoms with E-state index in [1.54, 1.807) is 0 Å². The van der Waals surface area contributed by atoms with Crippen molar-refractivity contribution >= 4 is 5.91 Å². The molecule has 0 aromatic rings. The van der Waals surface area contributed by atoms with E-state index in [-0.39, 0.29) is 17.9 Å². The van der Waals surface area contributed by atoms with Gasteiger partial charge in [0.2, 0.25) is 5.91 Å². The molecule has 0 saturated heterocycles. The van der Waals surface area contributed by atoms with Crippen LogP contribution in [-0.4, -0.2) is 18.0 Å². The lowest BCUT2D eigenvalue weighted by Gasteiger charge is -2.28. The number of carbonyl (C=O) groups excluding carboxylic acids is 1. The number of rotatable bonds is 2. The number of carbonyl (C=O) groups is 1. The molecule has 0 aromatic heterocycles. The van der Waals surface area contributed by atoms with E-state index in [4.69, 9.17) is 5.73 Å². The standard InChI is InChI=1S/C15H28N2O/c16-13-8-6-7-12(11-13)15(18)17-14-9-4-2-1-3-5-10-14/h12-14H,1-11,16H2,(H,17,18). The highest BCUT2D eigenvalue weighted by Gasteiger charge is 2.26. The zero-order valence-electron chi connectivity index (χ0n) is 11.5. The molecule has 3 nitrogen and oxygen atoms in total. The lowest BCUT2D eigenvalue weighted by molar-refractivity contribution is -0.127. The molecule has 2 rings (SSSR count). The zero-order chi connectivity index (χ0) is 12.8. The highest BCUT2D eigenvalue weighted by molar-refractivity contribution is 5.79. The van der Waals surface area contributed by atoms with Crippen LogP contribution in [-0.2, 0) is 4.79 Å². The Morgan fingerprint density at radius 3 is 2.22 bits per heavy atom. The molecule has 2 aliphatic carbocycles. The van der Waals surface area contributed by atoms with Gasteiger partial charge in [-0.3, -0.25) is 4.79 Å². The molecular weight excluding hydrogens is 224 g/mol. The summed E-state index contributed by atoms with van der Waals surface area (Å²) in [6.07, 6.45) is 13.1. The van der Waals surface area contributed by atoms with Crippen molar-refractivity contribution in [1.29, 1.82) is 0 Å². The summed E-state index contributed by atoms with van der Waals surface area (Å²) in [4.78, 5) is 12.2. The molecule has 18 heavy (non-hydrogen) atoms. The molecule has 0 aliphatic heterocycles. The fraction of sp³-hybridized carbons (Fsp3) is 0.933. The van der Waals surface area contributed by atoms with E-state index in [1.807, 2.05) is 0 Å². The van der Waals surface area contributed by atoms with E-state index in [9.17, 15) is 4.79 Å². The van der Waals surface area contributed by atoms with Crippen LogP contribution in [0.3, 0.4) is 0 Å². The predicted molar refractivity (Wildman–Crippen MR) is 74.2 cm³/mol. The Morgan fingerprint density at radius 2 is 1.56 bits per heavy atom. The molecule has 3 heteroatoms. The molecule has 0 spiro atoms. The molecule has 0 bridgehead atoms. The van der Waals surface area contributed by atoms with Gasteiger partial charge in [0.25, 0.3) is 0 Å². The van der Waals surface area contributed by atoms with Crippen molar-refractivity contribution in [3.8, 4) is 0 Å². The normalized spacial score (nSPS) is 31.4. The third kappa shape index (κ3) is 4.27. The minimum atomic E-state index is 0.180. The van der Waals surface area contributed by atoms with Crippen molar-refractivity contribution in [2.45, 2.75) is 82.7 Å². The van der Waals surface area contributed by atoms with Crippen LogP contribution in [0.4, 0.5) is 0 Å². The van der Waals surface area contributed by atoms with Gasteiger partial charge in [-0.1, -0.05) is 38.5 Å². The number of hydrogen-bond donors (Lipinski definition) is 2. The lowest BCUT2D eigenvalue weighted by atomic mass is 9.85. The summed E-state index contributed by atoms with van der Waals surface area (Å²) in [5.74, 6) is 0.454. The van der Waals surface area contributed by atoms with Crippen molar-refractivity contribution in [3.05, 3.63) is 0 Å². The molecule has 2 aliphatic rings. The smallest absolute Gasteiger partial charge is 0.223 e. The fourth-order valence-electron chi connectivity index (χ4n) is 3.39. The van der Waals surface area contributed by atoms with Crippen molar-refractivity contribution < 1.29 is 4.79 Å². The number of hydrogen-bond acceptors (Lipinski definition) is 2. The van der Waals surface area contributed by atoms with Gasteiger partial charge < -0.3 is 11.1 Å². The summed E-state index contributed by atoms with van der Waals surface area (Å²) in [5, 5.41) is 3.28. The van der Waals surface area contributed by atoms with E-state index >= 15 is 0 Å². The minimum absolute atomic E-state index is 0.180. The van der Waals surface area contributed by atoms with Crippen LogP contribution in [0.15, 0.2) is 0 Å². The fourth-order valence-corrected chi connectivity index (χ4v) is 3.39. The number of nitrogens with one attached hydrogen (secondary N) is 1. The summed E-state index contributed by atoms with van der Waals surface area (Å²) in [6, 6.07) is 0.669. The van der Waals surface area contributed by atoms with Gasteiger partial charge in [-0.05, 0) is 32.1 Å². The molecule has 2 unspecified atom stereocenters. The van der Waals surface area contributed by atoms with Gasteiger partial charge in [-0.25, -0.2) is 0 Å².